The van der Waals surface area contributed by atoms with Crippen LogP contribution in [0, 0.1) is 0 Å². The molecule has 3 heteroatoms. The minimum atomic E-state index is -0.336. The molecule has 0 bridgehead atoms. The first-order valence-corrected chi connectivity index (χ1v) is 21.4. The molecule has 2 fully saturated rings. The van der Waals surface area contributed by atoms with Crippen molar-refractivity contribution in [3.8, 4) is 0 Å². The molecule has 0 radical (unpaired) electrons. The second-order valence-corrected chi connectivity index (χ2v) is 15.3. The van der Waals surface area contributed by atoms with Crippen molar-refractivity contribution < 1.29 is 9.47 Å². The molecule has 1 saturated heterocycles. The summed E-state index contributed by atoms with van der Waals surface area (Å²) in [5, 5.41) is 0. The molecule has 49 heavy (non-hydrogen) atoms. The lowest BCUT2D eigenvalue weighted by atomic mass is 9.99. The summed E-state index contributed by atoms with van der Waals surface area (Å²) < 4.78 is 13.6. The van der Waals surface area contributed by atoms with Crippen LogP contribution in [0.25, 0.3) is 0 Å². The van der Waals surface area contributed by atoms with Crippen LogP contribution < -0.4 is 0 Å². The molecule has 1 heterocycles. The highest BCUT2D eigenvalue weighted by atomic mass is 16.8. The van der Waals surface area contributed by atoms with E-state index in [1.807, 2.05) is 0 Å². The van der Waals surface area contributed by atoms with Crippen LogP contribution in [0.15, 0.2) is 60.8 Å². The molecule has 2 aliphatic rings. The van der Waals surface area contributed by atoms with Crippen LogP contribution in [0.2, 0.25) is 0 Å². The number of nitrogens with zero attached hydrogens (tertiary/aromatic N) is 1. The normalized spacial score (nSPS) is 22.9. The zero-order chi connectivity index (χ0) is 35.1. The molecule has 0 amide bonds. The summed E-state index contributed by atoms with van der Waals surface area (Å²) in [6, 6.07) is 0.593. The zero-order valence-corrected chi connectivity index (χ0v) is 33.1. The fourth-order valence-electron chi connectivity index (χ4n) is 7.41. The standard InChI is InChI=1S/C46H81NO2/c1-5-7-9-11-13-15-17-19-21-23-24-26-28-30-32-34-36-38-40-46(48-44-41-43(47(3)4)42-45(44)49-46)39-37-35-33-31-29-27-25-22-20-18-16-14-12-10-8-6-2/h16-19,22-25,29,31,43-45H,5-15,20-21,26-28,30,32-42H2,1-4H3. The fourth-order valence-corrected chi connectivity index (χ4v) is 7.41. The summed E-state index contributed by atoms with van der Waals surface area (Å²) in [7, 11) is 4.39. The second-order valence-electron chi connectivity index (χ2n) is 15.3. The van der Waals surface area contributed by atoms with Crippen LogP contribution in [-0.4, -0.2) is 43.0 Å². The van der Waals surface area contributed by atoms with Crippen molar-refractivity contribution in [3.05, 3.63) is 60.8 Å². The third-order valence-corrected chi connectivity index (χ3v) is 10.6. The van der Waals surface area contributed by atoms with Gasteiger partial charge < -0.3 is 14.4 Å². The molecule has 282 valence electrons. The molecule has 0 N–H and O–H groups in total. The number of hydrogen-bond acceptors (Lipinski definition) is 3. The van der Waals surface area contributed by atoms with Gasteiger partial charge in [-0.2, -0.15) is 0 Å². The molecule has 0 aromatic rings. The first kappa shape index (κ1) is 43.7. The summed E-state index contributed by atoms with van der Waals surface area (Å²) in [5.74, 6) is -0.336. The topological polar surface area (TPSA) is 21.7 Å². The summed E-state index contributed by atoms with van der Waals surface area (Å²) in [4.78, 5) is 2.35. The van der Waals surface area contributed by atoms with Crippen molar-refractivity contribution in [1.82, 2.24) is 4.90 Å². The molecule has 1 aliphatic carbocycles. The van der Waals surface area contributed by atoms with Gasteiger partial charge in [0.1, 0.15) is 0 Å². The minimum Gasteiger partial charge on any atom is -0.344 e. The van der Waals surface area contributed by atoms with Gasteiger partial charge in [0.15, 0.2) is 5.79 Å². The maximum Gasteiger partial charge on any atom is 0.169 e. The molecule has 0 aromatic heterocycles. The Morgan fingerprint density at radius 1 is 0.449 bits per heavy atom. The van der Waals surface area contributed by atoms with Gasteiger partial charge in [-0.25, -0.2) is 0 Å². The monoisotopic (exact) mass is 680 g/mol. The average molecular weight is 680 g/mol. The van der Waals surface area contributed by atoms with Crippen molar-refractivity contribution in [2.45, 2.75) is 218 Å². The maximum absolute atomic E-state index is 6.82. The molecule has 2 unspecified atom stereocenters. The lowest BCUT2D eigenvalue weighted by Crippen LogP contribution is -2.34. The van der Waals surface area contributed by atoms with Crippen molar-refractivity contribution in [1.29, 1.82) is 0 Å². The van der Waals surface area contributed by atoms with E-state index in [1.165, 1.54) is 128 Å². The number of hydrogen-bond donors (Lipinski definition) is 0. The Morgan fingerprint density at radius 2 is 0.776 bits per heavy atom. The SMILES string of the molecule is CCCCCCC=CCC=CCC=CCCCCC1(CCCCCCCCC=CCC=CCCCCCCC)OC2CC(N(C)C)CC2O1. The van der Waals surface area contributed by atoms with E-state index in [4.69, 9.17) is 9.47 Å². The number of fused-ring (bicyclic) bond motifs is 1. The van der Waals surface area contributed by atoms with Gasteiger partial charge in [-0.3, -0.25) is 0 Å². The van der Waals surface area contributed by atoms with Crippen LogP contribution in [0.4, 0.5) is 0 Å². The quantitative estimate of drug-likeness (QED) is 0.0522. The van der Waals surface area contributed by atoms with Gasteiger partial charge >= 0.3 is 0 Å². The predicted octanol–water partition coefficient (Wildman–Crippen LogP) is 14.2. The number of rotatable bonds is 32. The molecule has 1 aliphatic heterocycles. The Hall–Kier alpha value is -1.42. The highest BCUT2D eigenvalue weighted by Gasteiger charge is 2.51. The van der Waals surface area contributed by atoms with Gasteiger partial charge in [-0.1, -0.05) is 145 Å². The number of ether oxygens (including phenoxy) is 2. The third-order valence-electron chi connectivity index (χ3n) is 10.6. The molecule has 2 atom stereocenters. The molecule has 2 rings (SSSR count). The van der Waals surface area contributed by atoms with E-state index in [1.54, 1.807) is 0 Å². The maximum atomic E-state index is 6.82. The summed E-state index contributed by atoms with van der Waals surface area (Å²) >= 11 is 0. The summed E-state index contributed by atoms with van der Waals surface area (Å²) in [5.41, 5.74) is 0. The molecule has 0 aromatic carbocycles. The van der Waals surface area contributed by atoms with E-state index in [2.05, 4.69) is 93.6 Å². The Morgan fingerprint density at radius 3 is 1.20 bits per heavy atom. The van der Waals surface area contributed by atoms with E-state index in [-0.39, 0.29) is 18.0 Å². The lowest BCUT2D eigenvalue weighted by Gasteiger charge is -2.31. The van der Waals surface area contributed by atoms with Crippen molar-refractivity contribution in [2.24, 2.45) is 0 Å². The zero-order valence-electron chi connectivity index (χ0n) is 33.1. The van der Waals surface area contributed by atoms with E-state index in [0.29, 0.717) is 6.04 Å². The highest BCUT2D eigenvalue weighted by Crippen LogP contribution is 2.44. The van der Waals surface area contributed by atoms with Crippen molar-refractivity contribution in [3.63, 3.8) is 0 Å². The summed E-state index contributed by atoms with van der Waals surface area (Å²) in [6.45, 7) is 4.56. The fraction of sp³-hybridized carbons (Fsp3) is 0.783. The molecular weight excluding hydrogens is 599 g/mol. The molecule has 0 spiro atoms. The van der Waals surface area contributed by atoms with Gasteiger partial charge in [0.25, 0.3) is 0 Å². The van der Waals surface area contributed by atoms with E-state index in [0.717, 1.165) is 51.4 Å². The van der Waals surface area contributed by atoms with Gasteiger partial charge in [0.2, 0.25) is 0 Å². The van der Waals surface area contributed by atoms with Crippen LogP contribution in [-0.2, 0) is 9.47 Å². The van der Waals surface area contributed by atoms with Crippen LogP contribution >= 0.6 is 0 Å². The number of allylic oxidation sites excluding steroid dienone is 10. The van der Waals surface area contributed by atoms with E-state index >= 15 is 0 Å². The Balaban J connectivity index is 1.56. The smallest absolute Gasteiger partial charge is 0.169 e. The van der Waals surface area contributed by atoms with Crippen LogP contribution in [0.5, 0.6) is 0 Å². The van der Waals surface area contributed by atoms with Crippen LogP contribution in [0.1, 0.15) is 194 Å². The van der Waals surface area contributed by atoms with E-state index in [9.17, 15) is 0 Å². The molecule has 3 nitrogen and oxygen atoms in total. The largest absolute Gasteiger partial charge is 0.344 e. The average Bonchev–Trinajstić information content (AvgIpc) is 3.64. The van der Waals surface area contributed by atoms with Gasteiger partial charge in [-0.05, 0) is 110 Å². The van der Waals surface area contributed by atoms with Gasteiger partial charge in [-0.15, -0.1) is 0 Å². The Labute approximate surface area is 306 Å². The lowest BCUT2D eigenvalue weighted by molar-refractivity contribution is -0.192. The molecule has 1 saturated carbocycles. The minimum absolute atomic E-state index is 0.286. The summed E-state index contributed by atoms with van der Waals surface area (Å²) in [6.07, 6.45) is 59.1. The highest BCUT2D eigenvalue weighted by molar-refractivity contribution is 4.98. The van der Waals surface area contributed by atoms with E-state index < -0.39 is 0 Å². The molecular formula is C46H81NO2. The predicted molar refractivity (Wildman–Crippen MR) is 216 cm³/mol. The Kier molecular flexibility index (Phi) is 27.0. The third kappa shape index (κ3) is 22.2. The van der Waals surface area contributed by atoms with Crippen LogP contribution in [0.3, 0.4) is 0 Å². The van der Waals surface area contributed by atoms with Crippen molar-refractivity contribution >= 4 is 0 Å². The van der Waals surface area contributed by atoms with Gasteiger partial charge in [0.05, 0.1) is 12.2 Å². The Bertz CT molecular complexity index is 885. The number of unbranched alkanes of at least 4 members (excludes halogenated alkanes) is 17. The first-order valence-electron chi connectivity index (χ1n) is 21.4. The van der Waals surface area contributed by atoms with Crippen molar-refractivity contribution in [2.75, 3.05) is 14.1 Å². The second kappa shape index (κ2) is 30.2. The van der Waals surface area contributed by atoms with Gasteiger partial charge in [0, 0.05) is 18.9 Å². The first-order chi connectivity index (χ1) is 24.1.